The molecule has 1 unspecified atom stereocenters. The van der Waals surface area contributed by atoms with Crippen molar-refractivity contribution < 1.29 is 5.11 Å². The highest BCUT2D eigenvalue weighted by Crippen LogP contribution is 2.25. The van der Waals surface area contributed by atoms with Crippen LogP contribution in [0.25, 0.3) is 0 Å². The molecule has 1 aromatic heterocycles. The summed E-state index contributed by atoms with van der Waals surface area (Å²) < 4.78 is 0. The zero-order chi connectivity index (χ0) is 11.5. The molecule has 0 saturated heterocycles. The number of hydrogen-bond donors (Lipinski definition) is 1. The monoisotopic (exact) mass is 234 g/mol. The Kier molecular flexibility index (Phi) is 3.17. The zero-order valence-corrected chi connectivity index (χ0v) is 9.52. The Morgan fingerprint density at radius 3 is 2.44 bits per heavy atom. The maximum absolute atomic E-state index is 10.1. The quantitative estimate of drug-likeness (QED) is 0.869. The van der Waals surface area contributed by atoms with Crippen LogP contribution < -0.4 is 0 Å². The molecule has 16 heavy (non-hydrogen) atoms. The van der Waals surface area contributed by atoms with Crippen LogP contribution in [0.3, 0.4) is 0 Å². The molecule has 1 aromatic carbocycles. The first-order valence-corrected chi connectivity index (χ1v) is 5.27. The molecule has 1 heterocycles. The summed E-state index contributed by atoms with van der Waals surface area (Å²) in [6.07, 6.45) is 2.46. The average Bonchev–Trinajstić information content (AvgIpc) is 2.30. The summed E-state index contributed by atoms with van der Waals surface area (Å²) in [7, 11) is 0. The average molecular weight is 235 g/mol. The van der Waals surface area contributed by atoms with Crippen molar-refractivity contribution in [1.29, 1.82) is 0 Å². The Labute approximate surface area is 98.8 Å². The fourth-order valence-corrected chi connectivity index (χ4v) is 1.62. The molecule has 4 heteroatoms. The van der Waals surface area contributed by atoms with Crippen molar-refractivity contribution in [3.05, 3.63) is 58.6 Å². The second kappa shape index (κ2) is 4.60. The van der Waals surface area contributed by atoms with E-state index < -0.39 is 6.10 Å². The van der Waals surface area contributed by atoms with Crippen molar-refractivity contribution in [1.82, 2.24) is 9.97 Å². The number of nitrogens with zero attached hydrogens (tertiary/aromatic N) is 2. The molecule has 1 N–H and O–H groups in total. The third-order valence-corrected chi connectivity index (χ3v) is 2.59. The fraction of sp³-hybridized carbons (Fsp3) is 0.167. The number of benzene rings is 1. The minimum Gasteiger partial charge on any atom is -0.380 e. The molecule has 0 aliphatic rings. The SMILES string of the molecule is Cc1cnc(C(O)c2ccccc2Cl)nc1. The van der Waals surface area contributed by atoms with Crippen LogP contribution >= 0.6 is 11.6 Å². The van der Waals surface area contributed by atoms with E-state index >= 15 is 0 Å². The van der Waals surface area contributed by atoms with Gasteiger partial charge in [-0.1, -0.05) is 29.8 Å². The first kappa shape index (κ1) is 11.0. The van der Waals surface area contributed by atoms with E-state index in [1.807, 2.05) is 19.1 Å². The summed E-state index contributed by atoms with van der Waals surface area (Å²) in [5.41, 5.74) is 1.57. The van der Waals surface area contributed by atoms with E-state index in [-0.39, 0.29) is 0 Å². The van der Waals surface area contributed by atoms with Gasteiger partial charge < -0.3 is 5.11 Å². The van der Waals surface area contributed by atoms with Crippen molar-refractivity contribution >= 4 is 11.6 Å². The molecule has 0 bridgehead atoms. The Balaban J connectivity index is 2.35. The fourth-order valence-electron chi connectivity index (χ4n) is 1.38. The highest BCUT2D eigenvalue weighted by molar-refractivity contribution is 6.31. The minimum atomic E-state index is -0.880. The van der Waals surface area contributed by atoms with Crippen molar-refractivity contribution in [2.45, 2.75) is 13.0 Å². The van der Waals surface area contributed by atoms with Crippen LogP contribution in [0.15, 0.2) is 36.7 Å². The van der Waals surface area contributed by atoms with Gasteiger partial charge in [0.1, 0.15) is 6.10 Å². The number of aryl methyl sites for hydroxylation is 1. The third kappa shape index (κ3) is 2.21. The van der Waals surface area contributed by atoms with E-state index in [1.54, 1.807) is 24.5 Å². The Morgan fingerprint density at radius 2 is 1.81 bits per heavy atom. The number of rotatable bonds is 2. The molecule has 2 rings (SSSR count). The summed E-state index contributed by atoms with van der Waals surface area (Å²) in [5, 5.41) is 10.6. The maximum Gasteiger partial charge on any atom is 0.161 e. The van der Waals surface area contributed by atoms with Gasteiger partial charge in [0.25, 0.3) is 0 Å². The largest absolute Gasteiger partial charge is 0.380 e. The molecule has 3 nitrogen and oxygen atoms in total. The van der Waals surface area contributed by atoms with Crippen molar-refractivity contribution in [3.8, 4) is 0 Å². The van der Waals surface area contributed by atoms with Gasteiger partial charge in [0.15, 0.2) is 5.82 Å². The van der Waals surface area contributed by atoms with Crippen LogP contribution in [0.2, 0.25) is 5.02 Å². The Bertz CT molecular complexity index is 485. The number of aliphatic hydroxyl groups is 1. The zero-order valence-electron chi connectivity index (χ0n) is 8.76. The van der Waals surface area contributed by atoms with Gasteiger partial charge in [-0.25, -0.2) is 9.97 Å². The molecule has 1 atom stereocenters. The number of hydrogen-bond acceptors (Lipinski definition) is 3. The highest BCUT2D eigenvalue weighted by atomic mass is 35.5. The normalized spacial score (nSPS) is 12.4. The van der Waals surface area contributed by atoms with Gasteiger partial charge in [0.2, 0.25) is 0 Å². The maximum atomic E-state index is 10.1. The first-order chi connectivity index (χ1) is 7.68. The lowest BCUT2D eigenvalue weighted by Crippen LogP contribution is -2.05. The Hall–Kier alpha value is -1.45. The van der Waals surface area contributed by atoms with E-state index in [0.29, 0.717) is 16.4 Å². The van der Waals surface area contributed by atoms with Crippen molar-refractivity contribution in [2.24, 2.45) is 0 Å². The second-order valence-electron chi connectivity index (χ2n) is 3.54. The standard InChI is InChI=1S/C12H11ClN2O/c1-8-6-14-12(15-7-8)11(16)9-4-2-3-5-10(9)13/h2-7,11,16H,1H3. The predicted octanol–water partition coefficient (Wildman–Crippen LogP) is 2.52. The summed E-state index contributed by atoms with van der Waals surface area (Å²) in [5.74, 6) is 0.360. The van der Waals surface area contributed by atoms with Crippen molar-refractivity contribution in [3.63, 3.8) is 0 Å². The van der Waals surface area contributed by atoms with Gasteiger partial charge in [-0.05, 0) is 18.6 Å². The van der Waals surface area contributed by atoms with E-state index in [2.05, 4.69) is 9.97 Å². The van der Waals surface area contributed by atoms with E-state index in [1.165, 1.54) is 0 Å². The molecule has 0 aliphatic carbocycles. The van der Waals surface area contributed by atoms with E-state index in [4.69, 9.17) is 11.6 Å². The predicted molar refractivity (Wildman–Crippen MR) is 62.3 cm³/mol. The summed E-state index contributed by atoms with van der Waals surface area (Å²) in [6, 6.07) is 7.12. The molecule has 82 valence electrons. The van der Waals surface area contributed by atoms with E-state index in [0.717, 1.165) is 5.56 Å². The Morgan fingerprint density at radius 1 is 1.19 bits per heavy atom. The summed E-state index contributed by atoms with van der Waals surface area (Å²) in [4.78, 5) is 8.15. The van der Waals surface area contributed by atoms with Crippen LogP contribution in [-0.4, -0.2) is 15.1 Å². The van der Waals surface area contributed by atoms with Gasteiger partial charge in [-0.15, -0.1) is 0 Å². The molecule has 2 aromatic rings. The topological polar surface area (TPSA) is 46.0 Å². The van der Waals surface area contributed by atoms with Gasteiger partial charge in [-0.3, -0.25) is 0 Å². The van der Waals surface area contributed by atoms with Crippen LogP contribution in [0.1, 0.15) is 23.1 Å². The lowest BCUT2D eigenvalue weighted by Gasteiger charge is -2.10. The van der Waals surface area contributed by atoms with Gasteiger partial charge >= 0.3 is 0 Å². The van der Waals surface area contributed by atoms with Gasteiger partial charge in [0, 0.05) is 23.0 Å². The molecular weight excluding hydrogens is 224 g/mol. The molecule has 0 amide bonds. The highest BCUT2D eigenvalue weighted by Gasteiger charge is 2.15. The number of halogens is 1. The second-order valence-corrected chi connectivity index (χ2v) is 3.95. The molecule has 0 fully saturated rings. The van der Waals surface area contributed by atoms with E-state index in [9.17, 15) is 5.11 Å². The molecule has 0 spiro atoms. The van der Waals surface area contributed by atoms with Crippen molar-refractivity contribution in [2.75, 3.05) is 0 Å². The first-order valence-electron chi connectivity index (χ1n) is 4.89. The number of aliphatic hydroxyl groups excluding tert-OH is 1. The smallest absolute Gasteiger partial charge is 0.161 e. The van der Waals surface area contributed by atoms with Crippen LogP contribution in [0, 0.1) is 6.92 Å². The van der Waals surface area contributed by atoms with Crippen LogP contribution in [-0.2, 0) is 0 Å². The molecular formula is C12H11ClN2O. The molecule has 0 saturated carbocycles. The summed E-state index contributed by atoms with van der Waals surface area (Å²) in [6.45, 7) is 1.89. The number of aromatic nitrogens is 2. The van der Waals surface area contributed by atoms with Crippen LogP contribution in [0.4, 0.5) is 0 Å². The molecule has 0 radical (unpaired) electrons. The van der Waals surface area contributed by atoms with Crippen LogP contribution in [0.5, 0.6) is 0 Å². The summed E-state index contributed by atoms with van der Waals surface area (Å²) >= 11 is 5.98. The lowest BCUT2D eigenvalue weighted by molar-refractivity contribution is 0.210. The minimum absolute atomic E-state index is 0.360. The van der Waals surface area contributed by atoms with Gasteiger partial charge in [0.05, 0.1) is 0 Å². The molecule has 0 aliphatic heterocycles. The third-order valence-electron chi connectivity index (χ3n) is 2.25. The lowest BCUT2D eigenvalue weighted by atomic mass is 10.1. The van der Waals surface area contributed by atoms with Gasteiger partial charge in [-0.2, -0.15) is 0 Å².